The van der Waals surface area contributed by atoms with Gasteiger partial charge < -0.3 is 34.4 Å². The van der Waals surface area contributed by atoms with Crippen LogP contribution in [-0.2, 0) is 4.74 Å². The molecule has 6 rings (SSSR count). The van der Waals surface area contributed by atoms with Crippen LogP contribution in [0.3, 0.4) is 0 Å². The Balaban J connectivity index is 0.974. The molecule has 43 heavy (non-hydrogen) atoms. The van der Waals surface area contributed by atoms with Crippen LogP contribution in [0.2, 0.25) is 0 Å². The molecule has 0 spiro atoms. The summed E-state index contributed by atoms with van der Waals surface area (Å²) >= 11 is 0. The molecule has 10 nitrogen and oxygen atoms in total. The number of aromatic nitrogens is 2. The summed E-state index contributed by atoms with van der Waals surface area (Å²) in [6, 6.07) is 14.2. The number of carbonyl (C=O) groups excluding carboxylic acids is 1. The molecule has 2 aromatic carbocycles. The van der Waals surface area contributed by atoms with Crippen LogP contribution in [0.4, 0.5) is 16.2 Å². The highest BCUT2D eigenvalue weighted by Gasteiger charge is 2.26. The van der Waals surface area contributed by atoms with E-state index < -0.39 is 0 Å². The number of likely N-dealkylation sites (tertiary alicyclic amines) is 1. The van der Waals surface area contributed by atoms with Crippen LogP contribution in [0.5, 0.6) is 5.75 Å². The van der Waals surface area contributed by atoms with Gasteiger partial charge in [0.15, 0.2) is 0 Å². The van der Waals surface area contributed by atoms with E-state index in [4.69, 9.17) is 14.5 Å². The van der Waals surface area contributed by atoms with E-state index >= 15 is 0 Å². The molecule has 10 heteroatoms. The van der Waals surface area contributed by atoms with Crippen molar-refractivity contribution in [3.8, 4) is 5.75 Å². The minimum Gasteiger partial charge on any atom is -0.493 e. The van der Waals surface area contributed by atoms with Crippen LogP contribution >= 0.6 is 0 Å². The topological polar surface area (TPSA) is 86.3 Å². The predicted octanol–water partition coefficient (Wildman–Crippen LogP) is 4.28. The number of nitrogens with one attached hydrogen (secondary N) is 1. The number of hydrogen-bond donors (Lipinski definition) is 1. The molecular weight excluding hydrogens is 542 g/mol. The van der Waals surface area contributed by atoms with Gasteiger partial charge in [0.25, 0.3) is 0 Å². The van der Waals surface area contributed by atoms with E-state index in [1.165, 1.54) is 13.1 Å². The second-order valence-corrected chi connectivity index (χ2v) is 11.8. The molecule has 0 aliphatic carbocycles. The van der Waals surface area contributed by atoms with Gasteiger partial charge in [0.2, 0.25) is 0 Å². The average Bonchev–Trinajstić information content (AvgIpc) is 3.07. The zero-order valence-corrected chi connectivity index (χ0v) is 25.4. The third kappa shape index (κ3) is 7.55. The Kier molecular flexibility index (Phi) is 9.87. The van der Waals surface area contributed by atoms with Crippen LogP contribution in [0.25, 0.3) is 10.9 Å². The number of ether oxygens (including phenoxy) is 2. The Morgan fingerprint density at radius 2 is 1.67 bits per heavy atom. The van der Waals surface area contributed by atoms with Crippen LogP contribution in [0.1, 0.15) is 37.8 Å². The fraction of sp³-hybridized carbons (Fsp3) is 0.545. The smallest absolute Gasteiger partial charge is 0.321 e. The van der Waals surface area contributed by atoms with E-state index in [1.807, 2.05) is 29.2 Å². The lowest BCUT2D eigenvalue weighted by Gasteiger charge is -2.33. The van der Waals surface area contributed by atoms with E-state index in [0.29, 0.717) is 25.6 Å². The number of hydrogen-bond acceptors (Lipinski definition) is 8. The summed E-state index contributed by atoms with van der Waals surface area (Å²) in [6.45, 7) is 14.5. The molecule has 0 bridgehead atoms. The molecule has 3 aliphatic heterocycles. The summed E-state index contributed by atoms with van der Waals surface area (Å²) in [4.78, 5) is 31.5. The highest BCUT2D eigenvalue weighted by atomic mass is 16.5. The van der Waals surface area contributed by atoms with Crippen molar-refractivity contribution in [2.75, 3.05) is 95.5 Å². The summed E-state index contributed by atoms with van der Waals surface area (Å²) < 4.78 is 11.5. The first-order valence-corrected chi connectivity index (χ1v) is 16.0. The molecule has 0 atom stereocenters. The van der Waals surface area contributed by atoms with Gasteiger partial charge in [0.1, 0.15) is 12.1 Å². The summed E-state index contributed by atoms with van der Waals surface area (Å²) in [5.74, 6) is 1.15. The Hall–Kier alpha value is -3.47. The van der Waals surface area contributed by atoms with Gasteiger partial charge in [-0.25, -0.2) is 14.8 Å². The molecule has 3 fully saturated rings. The van der Waals surface area contributed by atoms with Gasteiger partial charge in [-0.05, 0) is 62.2 Å². The molecular formula is C33H45N7O3. The molecule has 0 radical (unpaired) electrons. The van der Waals surface area contributed by atoms with Crippen LogP contribution in [0, 0.1) is 0 Å². The lowest BCUT2D eigenvalue weighted by molar-refractivity contribution is 0.122. The molecule has 3 aliphatic rings. The summed E-state index contributed by atoms with van der Waals surface area (Å²) in [5, 5.41) is 4.15. The fourth-order valence-corrected chi connectivity index (χ4v) is 6.42. The zero-order chi connectivity index (χ0) is 29.4. The van der Waals surface area contributed by atoms with Crippen molar-refractivity contribution in [3.05, 3.63) is 54.5 Å². The Morgan fingerprint density at radius 3 is 2.42 bits per heavy atom. The van der Waals surface area contributed by atoms with Crippen LogP contribution in [0.15, 0.2) is 48.8 Å². The molecule has 1 aromatic heterocycles. The second-order valence-electron chi connectivity index (χ2n) is 11.8. The number of carbonyl (C=O) groups is 1. The van der Waals surface area contributed by atoms with Gasteiger partial charge in [0, 0.05) is 87.6 Å². The minimum atomic E-state index is -0.0462. The number of anilines is 2. The van der Waals surface area contributed by atoms with E-state index in [0.717, 1.165) is 105 Å². The van der Waals surface area contributed by atoms with Crippen molar-refractivity contribution in [2.45, 2.75) is 32.1 Å². The molecule has 4 heterocycles. The lowest BCUT2D eigenvalue weighted by Crippen LogP contribution is -2.46. The number of urea groups is 1. The van der Waals surface area contributed by atoms with Gasteiger partial charge in [0.05, 0.1) is 31.0 Å². The van der Waals surface area contributed by atoms with E-state index in [9.17, 15) is 4.79 Å². The number of piperazine rings is 1. The number of amides is 2. The Bertz CT molecular complexity index is 1330. The maximum absolute atomic E-state index is 13.0. The van der Waals surface area contributed by atoms with Gasteiger partial charge in [-0.2, -0.15) is 0 Å². The van der Waals surface area contributed by atoms with Gasteiger partial charge in [-0.1, -0.05) is 6.92 Å². The largest absolute Gasteiger partial charge is 0.493 e. The summed E-state index contributed by atoms with van der Waals surface area (Å²) in [5.41, 5.74) is 3.97. The quantitative estimate of drug-likeness (QED) is 0.372. The fourth-order valence-electron chi connectivity index (χ4n) is 6.42. The minimum absolute atomic E-state index is 0.0462. The maximum Gasteiger partial charge on any atom is 0.321 e. The number of rotatable bonds is 9. The van der Waals surface area contributed by atoms with Crippen LogP contribution in [-0.4, -0.2) is 116 Å². The number of morpholine rings is 1. The van der Waals surface area contributed by atoms with Gasteiger partial charge in [-0.15, -0.1) is 0 Å². The first-order valence-electron chi connectivity index (χ1n) is 16.0. The standard InChI is InChI=1S/C33H45N7O3/c1-2-37-15-17-38(18-16-37)12-3-21-43-29-8-9-30-31(24-29)34-25-35-32(30)26-10-13-40(14-11-26)33(41)36-27-4-6-28(7-5-27)39-19-22-42-23-20-39/h4-9,24-26H,2-3,10-23H2,1H3,(H,36,41). The van der Waals surface area contributed by atoms with Crippen molar-refractivity contribution in [1.82, 2.24) is 24.7 Å². The summed E-state index contributed by atoms with van der Waals surface area (Å²) in [6.07, 6.45) is 4.43. The van der Waals surface area contributed by atoms with E-state index in [-0.39, 0.29) is 6.03 Å². The highest BCUT2D eigenvalue weighted by Crippen LogP contribution is 2.32. The number of nitrogens with zero attached hydrogens (tertiary/aromatic N) is 6. The zero-order valence-electron chi connectivity index (χ0n) is 25.4. The number of benzene rings is 2. The van der Waals surface area contributed by atoms with Crippen molar-refractivity contribution >= 4 is 28.3 Å². The molecule has 230 valence electrons. The van der Waals surface area contributed by atoms with Crippen LogP contribution < -0.4 is 15.0 Å². The highest BCUT2D eigenvalue weighted by molar-refractivity contribution is 5.89. The van der Waals surface area contributed by atoms with Crippen molar-refractivity contribution in [3.63, 3.8) is 0 Å². The SMILES string of the molecule is CCN1CCN(CCCOc2ccc3c(C4CCN(C(=O)Nc5ccc(N6CCOCC6)cc5)CC4)ncnc3c2)CC1. The van der Waals surface area contributed by atoms with E-state index in [2.05, 4.69) is 50.1 Å². The van der Waals surface area contributed by atoms with Gasteiger partial charge in [-0.3, -0.25) is 0 Å². The summed E-state index contributed by atoms with van der Waals surface area (Å²) in [7, 11) is 0. The van der Waals surface area contributed by atoms with E-state index in [1.54, 1.807) is 6.33 Å². The van der Waals surface area contributed by atoms with Crippen molar-refractivity contribution in [2.24, 2.45) is 0 Å². The Labute approximate surface area is 255 Å². The van der Waals surface area contributed by atoms with Gasteiger partial charge >= 0.3 is 6.03 Å². The van der Waals surface area contributed by atoms with Crippen molar-refractivity contribution < 1.29 is 14.3 Å². The second kappa shape index (κ2) is 14.3. The normalized spacial score (nSPS) is 19.1. The molecule has 3 saturated heterocycles. The number of piperidine rings is 1. The third-order valence-electron chi connectivity index (χ3n) is 9.10. The first-order chi connectivity index (χ1) is 21.2. The number of fused-ring (bicyclic) bond motifs is 1. The molecule has 0 unspecified atom stereocenters. The predicted molar refractivity (Wildman–Crippen MR) is 170 cm³/mol. The molecule has 1 N–H and O–H groups in total. The molecule has 2 amide bonds. The van der Waals surface area contributed by atoms with Crippen molar-refractivity contribution in [1.29, 1.82) is 0 Å². The monoisotopic (exact) mass is 587 g/mol. The Morgan fingerprint density at radius 1 is 0.930 bits per heavy atom. The lowest BCUT2D eigenvalue weighted by atomic mass is 9.91. The molecule has 0 saturated carbocycles. The average molecular weight is 588 g/mol. The molecule has 3 aromatic rings. The number of likely N-dealkylation sites (N-methyl/N-ethyl adjacent to an activating group) is 1. The third-order valence-corrected chi connectivity index (χ3v) is 9.10. The maximum atomic E-state index is 13.0. The first kappa shape index (κ1) is 29.6.